The molecule has 1 unspecified atom stereocenters. The standard InChI is InChI=1S/C13H19FN2/c1-9-7-10(3-4-11(9)14)12(16)13(8-15)5-2-6-13/h3-4,7,12H,2,5-6,8,15-16H2,1H3. The summed E-state index contributed by atoms with van der Waals surface area (Å²) in [6, 6.07) is 5.05. The monoisotopic (exact) mass is 222 g/mol. The lowest BCUT2D eigenvalue weighted by atomic mass is 9.62. The molecule has 2 rings (SSSR count). The lowest BCUT2D eigenvalue weighted by molar-refractivity contribution is 0.104. The summed E-state index contributed by atoms with van der Waals surface area (Å²) in [6.45, 7) is 2.38. The van der Waals surface area contributed by atoms with Crippen LogP contribution in [0, 0.1) is 18.2 Å². The summed E-state index contributed by atoms with van der Waals surface area (Å²) in [4.78, 5) is 0. The second kappa shape index (κ2) is 4.15. The number of nitrogens with two attached hydrogens (primary N) is 2. The summed E-state index contributed by atoms with van der Waals surface area (Å²) >= 11 is 0. The highest BCUT2D eigenvalue weighted by Crippen LogP contribution is 2.48. The average Bonchev–Trinajstić information content (AvgIpc) is 2.21. The van der Waals surface area contributed by atoms with Gasteiger partial charge >= 0.3 is 0 Å². The van der Waals surface area contributed by atoms with Gasteiger partial charge in [-0.3, -0.25) is 0 Å². The molecular formula is C13H19FN2. The Morgan fingerprint density at radius 3 is 2.56 bits per heavy atom. The van der Waals surface area contributed by atoms with E-state index in [0.29, 0.717) is 12.1 Å². The topological polar surface area (TPSA) is 52.0 Å². The minimum absolute atomic E-state index is 0.0459. The summed E-state index contributed by atoms with van der Waals surface area (Å²) in [5.74, 6) is -0.175. The lowest BCUT2D eigenvalue weighted by Crippen LogP contribution is -2.46. The zero-order valence-electron chi connectivity index (χ0n) is 9.67. The summed E-state index contributed by atoms with van der Waals surface area (Å²) in [6.07, 6.45) is 3.37. The summed E-state index contributed by atoms with van der Waals surface area (Å²) in [5, 5.41) is 0. The Hall–Kier alpha value is -0.930. The molecule has 0 bridgehead atoms. The predicted octanol–water partition coefficient (Wildman–Crippen LogP) is 2.26. The quantitative estimate of drug-likeness (QED) is 0.824. The number of aryl methyl sites for hydroxylation is 1. The number of hydrogen-bond acceptors (Lipinski definition) is 2. The van der Waals surface area contributed by atoms with E-state index < -0.39 is 0 Å². The van der Waals surface area contributed by atoms with Crippen LogP contribution in [0.4, 0.5) is 4.39 Å². The van der Waals surface area contributed by atoms with Crippen LogP contribution in [0.1, 0.15) is 36.4 Å². The number of halogens is 1. The highest BCUT2D eigenvalue weighted by Gasteiger charge is 2.41. The Morgan fingerprint density at radius 1 is 1.44 bits per heavy atom. The van der Waals surface area contributed by atoms with E-state index in [1.54, 1.807) is 13.0 Å². The summed E-state index contributed by atoms with van der Waals surface area (Å²) < 4.78 is 13.2. The third kappa shape index (κ3) is 1.74. The molecule has 3 heteroatoms. The molecule has 0 saturated heterocycles. The van der Waals surface area contributed by atoms with Crippen LogP contribution in [0.15, 0.2) is 18.2 Å². The molecule has 0 spiro atoms. The minimum Gasteiger partial charge on any atom is -0.330 e. The molecule has 0 radical (unpaired) electrons. The van der Waals surface area contributed by atoms with Gasteiger partial charge in [0.2, 0.25) is 0 Å². The molecular weight excluding hydrogens is 203 g/mol. The normalized spacial score (nSPS) is 20.2. The van der Waals surface area contributed by atoms with Crippen molar-refractivity contribution in [2.75, 3.05) is 6.54 Å². The highest BCUT2D eigenvalue weighted by molar-refractivity contribution is 5.28. The van der Waals surface area contributed by atoms with Crippen LogP contribution in [-0.2, 0) is 0 Å². The van der Waals surface area contributed by atoms with E-state index >= 15 is 0 Å². The fraction of sp³-hybridized carbons (Fsp3) is 0.538. The first-order valence-electron chi connectivity index (χ1n) is 5.81. The molecule has 88 valence electrons. The highest BCUT2D eigenvalue weighted by atomic mass is 19.1. The van der Waals surface area contributed by atoms with Gasteiger partial charge in [-0.2, -0.15) is 0 Å². The SMILES string of the molecule is Cc1cc(C(N)C2(CN)CCC2)ccc1F. The van der Waals surface area contributed by atoms with Crippen molar-refractivity contribution < 1.29 is 4.39 Å². The van der Waals surface area contributed by atoms with E-state index in [-0.39, 0.29) is 17.3 Å². The van der Waals surface area contributed by atoms with Gasteiger partial charge in [0.15, 0.2) is 0 Å². The largest absolute Gasteiger partial charge is 0.330 e. The number of rotatable bonds is 3. The Balaban J connectivity index is 2.26. The molecule has 0 aliphatic heterocycles. The number of benzene rings is 1. The minimum atomic E-state index is -0.175. The van der Waals surface area contributed by atoms with Gasteiger partial charge in [-0.15, -0.1) is 0 Å². The first-order valence-corrected chi connectivity index (χ1v) is 5.81. The van der Waals surface area contributed by atoms with Crippen LogP contribution >= 0.6 is 0 Å². The second-order valence-electron chi connectivity index (χ2n) is 4.91. The van der Waals surface area contributed by atoms with Crippen molar-refractivity contribution in [2.24, 2.45) is 16.9 Å². The van der Waals surface area contributed by atoms with Crippen LogP contribution in [0.3, 0.4) is 0 Å². The van der Waals surface area contributed by atoms with Crippen molar-refractivity contribution in [1.82, 2.24) is 0 Å². The van der Waals surface area contributed by atoms with E-state index in [4.69, 9.17) is 11.5 Å². The lowest BCUT2D eigenvalue weighted by Gasteiger charge is -2.45. The second-order valence-corrected chi connectivity index (χ2v) is 4.91. The van der Waals surface area contributed by atoms with Gasteiger partial charge in [0.05, 0.1) is 0 Å². The molecule has 16 heavy (non-hydrogen) atoms. The van der Waals surface area contributed by atoms with Crippen LogP contribution in [0.5, 0.6) is 0 Å². The third-order valence-electron chi connectivity index (χ3n) is 3.96. The average molecular weight is 222 g/mol. The molecule has 1 fully saturated rings. The Bertz CT molecular complexity index is 380. The molecule has 4 N–H and O–H groups in total. The van der Waals surface area contributed by atoms with Crippen molar-refractivity contribution in [3.05, 3.63) is 35.1 Å². The third-order valence-corrected chi connectivity index (χ3v) is 3.96. The molecule has 2 nitrogen and oxygen atoms in total. The molecule has 1 atom stereocenters. The fourth-order valence-corrected chi connectivity index (χ4v) is 2.49. The van der Waals surface area contributed by atoms with E-state index in [1.165, 1.54) is 12.5 Å². The zero-order chi connectivity index (χ0) is 11.8. The number of hydrogen-bond donors (Lipinski definition) is 2. The van der Waals surface area contributed by atoms with Crippen molar-refractivity contribution in [3.63, 3.8) is 0 Å². The van der Waals surface area contributed by atoms with Crippen molar-refractivity contribution in [3.8, 4) is 0 Å². The molecule has 0 amide bonds. The molecule has 1 saturated carbocycles. The van der Waals surface area contributed by atoms with E-state index in [2.05, 4.69) is 0 Å². The van der Waals surface area contributed by atoms with Crippen molar-refractivity contribution in [2.45, 2.75) is 32.2 Å². The summed E-state index contributed by atoms with van der Waals surface area (Å²) in [5.41, 5.74) is 13.8. The smallest absolute Gasteiger partial charge is 0.126 e. The van der Waals surface area contributed by atoms with E-state index in [0.717, 1.165) is 18.4 Å². The molecule has 0 aromatic heterocycles. The van der Waals surface area contributed by atoms with Crippen LogP contribution in [0.2, 0.25) is 0 Å². The maximum Gasteiger partial charge on any atom is 0.126 e. The van der Waals surface area contributed by atoms with Crippen molar-refractivity contribution >= 4 is 0 Å². The maximum absolute atomic E-state index is 13.2. The predicted molar refractivity (Wildman–Crippen MR) is 63.4 cm³/mol. The first-order chi connectivity index (χ1) is 7.59. The van der Waals surface area contributed by atoms with Gasteiger partial charge in [0.1, 0.15) is 5.82 Å². The van der Waals surface area contributed by atoms with Gasteiger partial charge in [0, 0.05) is 11.5 Å². The van der Waals surface area contributed by atoms with Crippen LogP contribution in [-0.4, -0.2) is 6.54 Å². The van der Waals surface area contributed by atoms with Gasteiger partial charge in [-0.25, -0.2) is 4.39 Å². The molecule has 1 aliphatic rings. The summed E-state index contributed by atoms with van der Waals surface area (Å²) in [7, 11) is 0. The first kappa shape index (κ1) is 11.6. The van der Waals surface area contributed by atoms with Crippen LogP contribution < -0.4 is 11.5 Å². The Kier molecular flexibility index (Phi) is 3.00. The fourth-order valence-electron chi connectivity index (χ4n) is 2.49. The molecule has 1 aromatic carbocycles. The van der Waals surface area contributed by atoms with Gasteiger partial charge in [0.25, 0.3) is 0 Å². The van der Waals surface area contributed by atoms with E-state index in [9.17, 15) is 4.39 Å². The maximum atomic E-state index is 13.2. The van der Waals surface area contributed by atoms with Gasteiger partial charge < -0.3 is 11.5 Å². The Labute approximate surface area is 95.8 Å². The molecule has 1 aromatic rings. The van der Waals surface area contributed by atoms with E-state index in [1.807, 2.05) is 6.07 Å². The molecule has 0 heterocycles. The molecule has 1 aliphatic carbocycles. The van der Waals surface area contributed by atoms with Crippen molar-refractivity contribution in [1.29, 1.82) is 0 Å². The van der Waals surface area contributed by atoms with Crippen LogP contribution in [0.25, 0.3) is 0 Å². The van der Waals surface area contributed by atoms with Gasteiger partial charge in [-0.05, 0) is 43.5 Å². The Morgan fingerprint density at radius 2 is 2.12 bits per heavy atom. The van der Waals surface area contributed by atoms with Gasteiger partial charge in [-0.1, -0.05) is 18.6 Å². The zero-order valence-corrected chi connectivity index (χ0v) is 9.67.